The average molecular weight is 276 g/mol. The van der Waals surface area contributed by atoms with Crippen LogP contribution in [0.5, 0.6) is 0 Å². The van der Waals surface area contributed by atoms with Crippen molar-refractivity contribution in [2.45, 2.75) is 32.1 Å². The summed E-state index contributed by atoms with van der Waals surface area (Å²) in [7, 11) is 0. The Morgan fingerprint density at radius 1 is 1.55 bits per heavy atom. The van der Waals surface area contributed by atoms with Gasteiger partial charge in [-0.1, -0.05) is 0 Å². The van der Waals surface area contributed by atoms with Crippen molar-refractivity contribution in [3.05, 3.63) is 17.6 Å². The van der Waals surface area contributed by atoms with Crippen LogP contribution in [0.15, 0.2) is 6.20 Å². The Bertz CT molecular complexity index is 667. The number of carbonyl (C=O) groups excluding carboxylic acids is 1. The largest absolute Gasteiger partial charge is 0.394 e. The maximum absolute atomic E-state index is 11.2. The molecule has 0 spiro atoms. The van der Waals surface area contributed by atoms with Crippen molar-refractivity contribution >= 4 is 23.1 Å². The summed E-state index contributed by atoms with van der Waals surface area (Å²) in [4.78, 5) is 19.7. The predicted octanol–water partition coefficient (Wildman–Crippen LogP) is 0.804. The van der Waals surface area contributed by atoms with Crippen LogP contribution >= 0.6 is 0 Å². The Labute approximate surface area is 115 Å². The van der Waals surface area contributed by atoms with Gasteiger partial charge in [-0.25, -0.2) is 9.97 Å². The molecule has 1 aliphatic heterocycles. The maximum atomic E-state index is 11.2. The second-order valence-electron chi connectivity index (χ2n) is 4.94. The lowest BCUT2D eigenvalue weighted by molar-refractivity contribution is -0.0204. The number of aldehydes is 1. The fraction of sp³-hybridized carbons (Fsp3) is 0.462. The van der Waals surface area contributed by atoms with Crippen molar-refractivity contribution in [2.24, 2.45) is 0 Å². The van der Waals surface area contributed by atoms with E-state index in [1.165, 1.54) is 0 Å². The van der Waals surface area contributed by atoms with Gasteiger partial charge in [0.05, 0.1) is 18.1 Å². The molecule has 2 aromatic rings. The van der Waals surface area contributed by atoms with E-state index in [1.807, 2.05) is 0 Å². The highest BCUT2D eigenvalue weighted by molar-refractivity contribution is 6.01. The van der Waals surface area contributed by atoms with Crippen LogP contribution in [-0.2, 0) is 4.74 Å². The number of nitrogens with two attached hydrogens (primary N) is 1. The second-order valence-corrected chi connectivity index (χ2v) is 4.94. The lowest BCUT2D eigenvalue weighted by Crippen LogP contribution is -2.14. The number of ether oxygens (including phenoxy) is 1. The Kier molecular flexibility index (Phi) is 3.15. The summed E-state index contributed by atoms with van der Waals surface area (Å²) in [6.45, 7) is 1.74. The minimum Gasteiger partial charge on any atom is -0.394 e. The van der Waals surface area contributed by atoms with Gasteiger partial charge < -0.3 is 20.1 Å². The SMILES string of the molecule is Cc1nc(N)c2c(C=O)cn(C3CCC(CO)O3)c2n1. The highest BCUT2D eigenvalue weighted by atomic mass is 16.5. The van der Waals surface area contributed by atoms with Crippen LogP contribution < -0.4 is 5.73 Å². The molecule has 1 saturated heterocycles. The molecule has 0 aliphatic carbocycles. The van der Waals surface area contributed by atoms with Gasteiger partial charge in [-0.2, -0.15) is 0 Å². The third-order valence-electron chi connectivity index (χ3n) is 3.57. The number of nitrogens with zero attached hydrogens (tertiary/aromatic N) is 3. The van der Waals surface area contributed by atoms with Gasteiger partial charge in [-0.15, -0.1) is 0 Å². The molecule has 0 saturated carbocycles. The zero-order valence-corrected chi connectivity index (χ0v) is 11.1. The summed E-state index contributed by atoms with van der Waals surface area (Å²) in [5, 5.41) is 9.70. The quantitative estimate of drug-likeness (QED) is 0.804. The van der Waals surface area contributed by atoms with E-state index in [0.29, 0.717) is 28.2 Å². The third kappa shape index (κ3) is 1.95. The van der Waals surface area contributed by atoms with Crippen molar-refractivity contribution in [2.75, 3.05) is 12.3 Å². The minimum atomic E-state index is -0.239. The van der Waals surface area contributed by atoms with Gasteiger partial charge in [0.15, 0.2) is 6.29 Å². The number of hydrogen-bond donors (Lipinski definition) is 2. The fourth-order valence-corrected chi connectivity index (χ4v) is 2.65. The summed E-state index contributed by atoms with van der Waals surface area (Å²) in [6.07, 6.45) is 3.56. The molecule has 7 heteroatoms. The minimum absolute atomic E-state index is 0.00755. The molecule has 2 aromatic heterocycles. The Balaban J connectivity index is 2.14. The molecule has 1 fully saturated rings. The van der Waals surface area contributed by atoms with E-state index < -0.39 is 0 Å². The molecule has 7 nitrogen and oxygen atoms in total. The van der Waals surface area contributed by atoms with Crippen molar-refractivity contribution in [3.63, 3.8) is 0 Å². The number of hydrogen-bond acceptors (Lipinski definition) is 6. The van der Waals surface area contributed by atoms with E-state index in [0.717, 1.165) is 19.1 Å². The van der Waals surface area contributed by atoms with E-state index in [2.05, 4.69) is 9.97 Å². The number of aryl methyl sites for hydroxylation is 1. The van der Waals surface area contributed by atoms with Gasteiger partial charge in [-0.3, -0.25) is 4.79 Å². The maximum Gasteiger partial charge on any atom is 0.152 e. The molecule has 2 atom stereocenters. The third-order valence-corrected chi connectivity index (χ3v) is 3.57. The average Bonchev–Trinajstić information content (AvgIpc) is 3.01. The summed E-state index contributed by atoms with van der Waals surface area (Å²) >= 11 is 0. The molecule has 1 aliphatic rings. The molecule has 0 bridgehead atoms. The van der Waals surface area contributed by atoms with Crippen molar-refractivity contribution in [3.8, 4) is 0 Å². The molecular weight excluding hydrogens is 260 g/mol. The van der Waals surface area contributed by atoms with E-state index in [9.17, 15) is 4.79 Å². The predicted molar refractivity (Wildman–Crippen MR) is 72.3 cm³/mol. The zero-order chi connectivity index (χ0) is 14.3. The highest BCUT2D eigenvalue weighted by Gasteiger charge is 2.28. The number of carbonyl (C=O) groups is 1. The first-order valence-corrected chi connectivity index (χ1v) is 6.50. The van der Waals surface area contributed by atoms with Crippen LogP contribution in [0, 0.1) is 6.92 Å². The first kappa shape index (κ1) is 13.0. The smallest absolute Gasteiger partial charge is 0.152 e. The fourth-order valence-electron chi connectivity index (χ4n) is 2.65. The van der Waals surface area contributed by atoms with Gasteiger partial charge in [0.1, 0.15) is 23.5 Å². The number of fused-ring (bicyclic) bond motifs is 1. The summed E-state index contributed by atoms with van der Waals surface area (Å²) in [6, 6.07) is 0. The van der Waals surface area contributed by atoms with Crippen molar-refractivity contribution in [1.29, 1.82) is 0 Å². The monoisotopic (exact) mass is 276 g/mol. The summed E-state index contributed by atoms with van der Waals surface area (Å²) in [5.41, 5.74) is 6.94. The van der Waals surface area contributed by atoms with E-state index in [4.69, 9.17) is 15.6 Å². The Morgan fingerprint density at radius 2 is 2.35 bits per heavy atom. The van der Waals surface area contributed by atoms with Gasteiger partial charge in [0.2, 0.25) is 0 Å². The lowest BCUT2D eigenvalue weighted by Gasteiger charge is -2.14. The first-order valence-electron chi connectivity index (χ1n) is 6.50. The standard InChI is InChI=1S/C13H16N4O3/c1-7-15-12(14)11-8(5-18)4-17(13(11)16-7)10-3-2-9(6-19)20-10/h4-5,9-10,19H,2-3,6H2,1H3,(H2,14,15,16). The topological polar surface area (TPSA) is 103 Å². The van der Waals surface area contributed by atoms with Crippen LogP contribution in [0.4, 0.5) is 5.82 Å². The number of nitrogen functional groups attached to an aromatic ring is 1. The van der Waals surface area contributed by atoms with E-state index >= 15 is 0 Å². The van der Waals surface area contributed by atoms with E-state index in [-0.39, 0.29) is 18.9 Å². The van der Waals surface area contributed by atoms with Crippen molar-refractivity contribution in [1.82, 2.24) is 14.5 Å². The number of aliphatic hydroxyl groups is 1. The molecule has 3 heterocycles. The Morgan fingerprint density at radius 3 is 3.00 bits per heavy atom. The molecule has 0 amide bonds. The molecule has 106 valence electrons. The molecule has 3 rings (SSSR count). The molecule has 3 N–H and O–H groups in total. The lowest BCUT2D eigenvalue weighted by atomic mass is 10.2. The van der Waals surface area contributed by atoms with Crippen molar-refractivity contribution < 1.29 is 14.6 Å². The van der Waals surface area contributed by atoms with E-state index in [1.54, 1.807) is 17.7 Å². The zero-order valence-electron chi connectivity index (χ0n) is 11.1. The number of rotatable bonds is 3. The first-order chi connectivity index (χ1) is 9.63. The second kappa shape index (κ2) is 4.84. The number of aliphatic hydroxyl groups excluding tert-OH is 1. The van der Waals surface area contributed by atoms with Gasteiger partial charge in [0, 0.05) is 11.8 Å². The van der Waals surface area contributed by atoms with Gasteiger partial charge >= 0.3 is 0 Å². The molecule has 2 unspecified atom stereocenters. The highest BCUT2D eigenvalue weighted by Crippen LogP contribution is 2.33. The van der Waals surface area contributed by atoms with Crippen LogP contribution in [-0.4, -0.2) is 38.6 Å². The van der Waals surface area contributed by atoms with Crippen LogP contribution in [0.3, 0.4) is 0 Å². The van der Waals surface area contributed by atoms with Crippen LogP contribution in [0.25, 0.3) is 11.0 Å². The molecule has 0 aromatic carbocycles. The van der Waals surface area contributed by atoms with Crippen LogP contribution in [0.1, 0.15) is 35.3 Å². The summed E-state index contributed by atoms with van der Waals surface area (Å²) < 4.78 is 7.54. The normalized spacial score (nSPS) is 22.5. The molecule has 0 radical (unpaired) electrons. The van der Waals surface area contributed by atoms with Crippen LogP contribution in [0.2, 0.25) is 0 Å². The number of anilines is 1. The van der Waals surface area contributed by atoms with Gasteiger partial charge in [-0.05, 0) is 19.8 Å². The number of aromatic nitrogens is 3. The molecular formula is C13H16N4O3. The summed E-state index contributed by atoms with van der Waals surface area (Å²) in [5.74, 6) is 0.841. The Hall–Kier alpha value is -1.99. The molecule has 20 heavy (non-hydrogen) atoms. The van der Waals surface area contributed by atoms with Gasteiger partial charge in [0.25, 0.3) is 0 Å².